The highest BCUT2D eigenvalue weighted by atomic mass is 16.7. The van der Waals surface area contributed by atoms with Crippen LogP contribution in [-0.2, 0) is 16.1 Å². The van der Waals surface area contributed by atoms with Gasteiger partial charge in [-0.3, -0.25) is 9.59 Å². The number of hydrogen-bond donors (Lipinski definition) is 0. The molecule has 140 valence electrons. The maximum Gasteiger partial charge on any atom is 0.231 e. The number of rotatable bonds is 2. The van der Waals surface area contributed by atoms with Crippen LogP contribution in [0.4, 0.5) is 5.69 Å². The van der Waals surface area contributed by atoms with E-state index in [9.17, 15) is 9.59 Å². The lowest BCUT2D eigenvalue weighted by Crippen LogP contribution is -2.44. The van der Waals surface area contributed by atoms with Crippen LogP contribution < -0.4 is 14.4 Å². The summed E-state index contributed by atoms with van der Waals surface area (Å²) in [7, 11) is 0. The lowest BCUT2D eigenvalue weighted by atomic mass is 10.0. The van der Waals surface area contributed by atoms with Crippen LogP contribution in [0.15, 0.2) is 36.5 Å². The predicted octanol–water partition coefficient (Wildman–Crippen LogP) is 2.17. The minimum Gasteiger partial charge on any atom is -0.454 e. The fourth-order valence-corrected chi connectivity index (χ4v) is 4.29. The molecule has 3 aliphatic heterocycles. The Morgan fingerprint density at radius 1 is 1.15 bits per heavy atom. The summed E-state index contributed by atoms with van der Waals surface area (Å²) in [6.45, 7) is 4.13. The van der Waals surface area contributed by atoms with Gasteiger partial charge in [-0.25, -0.2) is 0 Å². The van der Waals surface area contributed by atoms with Gasteiger partial charge in [0, 0.05) is 49.7 Å². The Kier molecular flexibility index (Phi) is 3.63. The van der Waals surface area contributed by atoms with Crippen LogP contribution in [0.3, 0.4) is 0 Å². The van der Waals surface area contributed by atoms with E-state index in [1.807, 2.05) is 29.3 Å². The average molecular weight is 367 g/mol. The normalized spacial score (nSPS) is 23.7. The molecule has 7 nitrogen and oxygen atoms in total. The van der Waals surface area contributed by atoms with Crippen molar-refractivity contribution in [2.24, 2.45) is 5.92 Å². The Balaban J connectivity index is 1.34. The highest BCUT2D eigenvalue weighted by Gasteiger charge is 2.40. The maximum absolute atomic E-state index is 13.1. The SMILES string of the molecule is C[C@@H]1c2cccn2CCN1C(=O)[C@H]1CC(=O)N(c2ccc3c(c2)OCO3)C1. The minimum absolute atomic E-state index is 0.0240. The fraction of sp³-hybridized carbons (Fsp3) is 0.400. The highest BCUT2D eigenvalue weighted by molar-refractivity contribution is 6.00. The zero-order valence-corrected chi connectivity index (χ0v) is 15.1. The summed E-state index contributed by atoms with van der Waals surface area (Å²) in [5, 5.41) is 0. The van der Waals surface area contributed by atoms with Crippen LogP contribution in [0.5, 0.6) is 11.5 Å². The molecule has 0 N–H and O–H groups in total. The number of benzene rings is 1. The van der Waals surface area contributed by atoms with E-state index >= 15 is 0 Å². The number of ether oxygens (including phenoxy) is 2. The summed E-state index contributed by atoms with van der Waals surface area (Å²) in [5.41, 5.74) is 1.90. The monoisotopic (exact) mass is 367 g/mol. The summed E-state index contributed by atoms with van der Waals surface area (Å²) in [4.78, 5) is 29.3. The van der Waals surface area contributed by atoms with E-state index in [2.05, 4.69) is 17.6 Å². The summed E-state index contributed by atoms with van der Waals surface area (Å²) in [5.74, 6) is 1.04. The summed E-state index contributed by atoms with van der Waals surface area (Å²) in [6, 6.07) is 9.55. The van der Waals surface area contributed by atoms with E-state index < -0.39 is 0 Å². The second-order valence-corrected chi connectivity index (χ2v) is 7.28. The van der Waals surface area contributed by atoms with E-state index in [0.29, 0.717) is 24.6 Å². The van der Waals surface area contributed by atoms with Crippen molar-refractivity contribution in [2.45, 2.75) is 25.9 Å². The molecule has 0 unspecified atom stereocenters. The molecule has 5 rings (SSSR count). The number of carbonyl (C=O) groups excluding carboxylic acids is 2. The van der Waals surface area contributed by atoms with Gasteiger partial charge >= 0.3 is 0 Å². The largest absolute Gasteiger partial charge is 0.454 e. The van der Waals surface area contributed by atoms with Crippen molar-refractivity contribution in [2.75, 3.05) is 24.8 Å². The Hall–Kier alpha value is -2.96. The van der Waals surface area contributed by atoms with Crippen molar-refractivity contribution in [1.82, 2.24) is 9.47 Å². The van der Waals surface area contributed by atoms with Crippen LogP contribution in [0.25, 0.3) is 0 Å². The van der Waals surface area contributed by atoms with Gasteiger partial charge in [0.2, 0.25) is 18.6 Å². The number of aromatic nitrogens is 1. The van der Waals surface area contributed by atoms with E-state index in [1.54, 1.807) is 11.0 Å². The van der Waals surface area contributed by atoms with Crippen molar-refractivity contribution in [3.63, 3.8) is 0 Å². The molecular weight excluding hydrogens is 346 g/mol. The van der Waals surface area contributed by atoms with Gasteiger partial charge in [-0.05, 0) is 31.2 Å². The first kappa shape index (κ1) is 16.2. The van der Waals surface area contributed by atoms with E-state index in [-0.39, 0.29) is 37.0 Å². The zero-order chi connectivity index (χ0) is 18.5. The van der Waals surface area contributed by atoms with Gasteiger partial charge < -0.3 is 23.8 Å². The molecule has 0 aliphatic carbocycles. The molecule has 1 saturated heterocycles. The zero-order valence-electron chi connectivity index (χ0n) is 15.1. The lowest BCUT2D eigenvalue weighted by molar-refractivity contribution is -0.139. The number of amides is 2. The van der Waals surface area contributed by atoms with E-state index in [1.165, 1.54) is 0 Å². The molecule has 1 aromatic carbocycles. The Bertz CT molecular complexity index is 922. The topological polar surface area (TPSA) is 64.0 Å². The molecule has 0 saturated carbocycles. The smallest absolute Gasteiger partial charge is 0.231 e. The molecule has 3 aliphatic rings. The second kappa shape index (κ2) is 6.04. The molecular formula is C20H21N3O4. The third-order valence-corrected chi connectivity index (χ3v) is 5.77. The van der Waals surface area contributed by atoms with Gasteiger partial charge in [-0.1, -0.05) is 0 Å². The third kappa shape index (κ3) is 2.57. The van der Waals surface area contributed by atoms with Crippen molar-refractivity contribution >= 4 is 17.5 Å². The number of fused-ring (bicyclic) bond motifs is 2. The van der Waals surface area contributed by atoms with Crippen LogP contribution in [0, 0.1) is 5.92 Å². The first-order valence-corrected chi connectivity index (χ1v) is 9.27. The molecule has 0 spiro atoms. The van der Waals surface area contributed by atoms with Gasteiger partial charge in [0.05, 0.1) is 12.0 Å². The molecule has 0 bridgehead atoms. The van der Waals surface area contributed by atoms with Crippen molar-refractivity contribution < 1.29 is 19.1 Å². The quantitative estimate of drug-likeness (QED) is 0.816. The van der Waals surface area contributed by atoms with E-state index in [0.717, 1.165) is 17.9 Å². The number of anilines is 1. The van der Waals surface area contributed by atoms with Crippen LogP contribution >= 0.6 is 0 Å². The molecule has 2 aromatic rings. The molecule has 4 heterocycles. The predicted molar refractivity (Wildman–Crippen MR) is 97.6 cm³/mol. The lowest BCUT2D eigenvalue weighted by Gasteiger charge is -2.36. The van der Waals surface area contributed by atoms with Crippen LogP contribution in [0.1, 0.15) is 25.1 Å². The van der Waals surface area contributed by atoms with Gasteiger partial charge in [-0.15, -0.1) is 0 Å². The molecule has 2 atom stereocenters. The minimum atomic E-state index is -0.313. The molecule has 1 aromatic heterocycles. The molecule has 7 heteroatoms. The van der Waals surface area contributed by atoms with Gasteiger partial charge in [0.25, 0.3) is 0 Å². The van der Waals surface area contributed by atoms with Crippen LogP contribution in [-0.4, -0.2) is 41.2 Å². The first-order valence-electron chi connectivity index (χ1n) is 9.27. The maximum atomic E-state index is 13.1. The Morgan fingerprint density at radius 2 is 2.00 bits per heavy atom. The summed E-state index contributed by atoms with van der Waals surface area (Å²) in [6.07, 6.45) is 2.30. The molecule has 1 fully saturated rings. The first-order chi connectivity index (χ1) is 13.1. The van der Waals surface area contributed by atoms with Crippen molar-refractivity contribution in [3.8, 4) is 11.5 Å². The molecule has 27 heavy (non-hydrogen) atoms. The standard InChI is InChI=1S/C20H21N3O4/c1-13-16-3-2-6-21(16)7-8-22(13)20(25)14-9-19(24)23(11-14)15-4-5-17-18(10-15)27-12-26-17/h2-6,10,13-14H,7-9,11-12H2,1H3/t13-,14+/m1/s1. The Labute approximate surface area is 157 Å². The fourth-order valence-electron chi connectivity index (χ4n) is 4.29. The second-order valence-electron chi connectivity index (χ2n) is 7.28. The van der Waals surface area contributed by atoms with Crippen molar-refractivity contribution in [3.05, 3.63) is 42.2 Å². The van der Waals surface area contributed by atoms with Gasteiger partial charge in [-0.2, -0.15) is 0 Å². The number of nitrogens with zero attached hydrogens (tertiary/aromatic N) is 3. The van der Waals surface area contributed by atoms with E-state index in [4.69, 9.17) is 9.47 Å². The molecule has 0 radical (unpaired) electrons. The average Bonchev–Trinajstić information content (AvgIpc) is 3.40. The number of carbonyl (C=O) groups is 2. The molecule has 2 amide bonds. The highest BCUT2D eigenvalue weighted by Crippen LogP contribution is 2.38. The summed E-state index contributed by atoms with van der Waals surface area (Å²) < 4.78 is 12.9. The van der Waals surface area contributed by atoms with Crippen molar-refractivity contribution in [1.29, 1.82) is 0 Å². The summed E-state index contributed by atoms with van der Waals surface area (Å²) >= 11 is 0. The third-order valence-electron chi connectivity index (χ3n) is 5.77. The van der Waals surface area contributed by atoms with Gasteiger partial charge in [0.1, 0.15) is 0 Å². The van der Waals surface area contributed by atoms with Gasteiger partial charge in [0.15, 0.2) is 11.5 Å². The number of hydrogen-bond acceptors (Lipinski definition) is 4. The Morgan fingerprint density at radius 3 is 2.89 bits per heavy atom. The van der Waals surface area contributed by atoms with Crippen LogP contribution in [0.2, 0.25) is 0 Å².